The standard InChI is InChI=1S/C13H17ClFN3S/c1-19-6-4-2-3-5-18-12-7-9(14)10(15)8-11(12)17-13(18)16/h7-8H,2-6H2,1H3,(H2,16,17). The van der Waals surface area contributed by atoms with E-state index in [1.165, 1.54) is 18.2 Å². The molecule has 104 valence electrons. The van der Waals surface area contributed by atoms with Gasteiger partial charge in [0.25, 0.3) is 0 Å². The number of imidazole rings is 1. The van der Waals surface area contributed by atoms with Crippen molar-refractivity contribution in [3.05, 3.63) is 23.0 Å². The van der Waals surface area contributed by atoms with Crippen molar-refractivity contribution in [2.45, 2.75) is 25.8 Å². The zero-order valence-electron chi connectivity index (χ0n) is 10.8. The molecule has 1 aromatic carbocycles. The van der Waals surface area contributed by atoms with E-state index in [9.17, 15) is 4.39 Å². The van der Waals surface area contributed by atoms with E-state index in [4.69, 9.17) is 17.3 Å². The average Bonchev–Trinajstić information content (AvgIpc) is 2.66. The van der Waals surface area contributed by atoms with Gasteiger partial charge in [-0.15, -0.1) is 0 Å². The lowest BCUT2D eigenvalue weighted by atomic mass is 10.2. The molecule has 0 amide bonds. The fourth-order valence-corrected chi connectivity index (χ4v) is 2.72. The van der Waals surface area contributed by atoms with E-state index in [-0.39, 0.29) is 5.02 Å². The Balaban J connectivity index is 2.13. The van der Waals surface area contributed by atoms with Gasteiger partial charge < -0.3 is 10.3 Å². The molecular weight excluding hydrogens is 285 g/mol. The van der Waals surface area contributed by atoms with Crippen LogP contribution >= 0.6 is 23.4 Å². The molecule has 19 heavy (non-hydrogen) atoms. The predicted molar refractivity (Wildman–Crippen MR) is 81.3 cm³/mol. The van der Waals surface area contributed by atoms with Gasteiger partial charge >= 0.3 is 0 Å². The molecule has 6 heteroatoms. The Hall–Kier alpha value is -0.940. The number of nitrogen functional groups attached to an aromatic ring is 1. The Kier molecular flexibility index (Phi) is 4.93. The van der Waals surface area contributed by atoms with Gasteiger partial charge in [0.1, 0.15) is 5.82 Å². The summed E-state index contributed by atoms with van der Waals surface area (Å²) in [5.74, 6) is 1.14. The Morgan fingerprint density at radius 2 is 2.16 bits per heavy atom. The van der Waals surface area contributed by atoms with Crippen LogP contribution in [0.3, 0.4) is 0 Å². The Morgan fingerprint density at radius 3 is 2.89 bits per heavy atom. The van der Waals surface area contributed by atoms with E-state index >= 15 is 0 Å². The first-order valence-corrected chi connectivity index (χ1v) is 8.00. The Bertz CT molecular complexity index is 571. The van der Waals surface area contributed by atoms with Crippen LogP contribution in [-0.4, -0.2) is 21.6 Å². The molecule has 0 aliphatic carbocycles. The third kappa shape index (κ3) is 3.34. The number of aryl methyl sites for hydroxylation is 1. The molecule has 0 radical (unpaired) electrons. The number of thioether (sulfide) groups is 1. The molecule has 0 bridgehead atoms. The maximum Gasteiger partial charge on any atom is 0.201 e. The highest BCUT2D eigenvalue weighted by atomic mass is 35.5. The van der Waals surface area contributed by atoms with Gasteiger partial charge in [0.2, 0.25) is 5.95 Å². The summed E-state index contributed by atoms with van der Waals surface area (Å²) >= 11 is 7.67. The molecule has 0 aliphatic rings. The number of nitrogens with two attached hydrogens (primary N) is 1. The van der Waals surface area contributed by atoms with Crippen molar-refractivity contribution in [1.29, 1.82) is 0 Å². The van der Waals surface area contributed by atoms with Crippen LogP contribution in [0.4, 0.5) is 10.3 Å². The number of fused-ring (bicyclic) bond motifs is 1. The van der Waals surface area contributed by atoms with E-state index in [2.05, 4.69) is 11.2 Å². The minimum atomic E-state index is -0.459. The smallest absolute Gasteiger partial charge is 0.201 e. The normalized spacial score (nSPS) is 11.3. The predicted octanol–water partition coefficient (Wildman–Crippen LogP) is 3.94. The van der Waals surface area contributed by atoms with Gasteiger partial charge in [0.15, 0.2) is 0 Å². The fourth-order valence-electron chi connectivity index (χ4n) is 2.07. The average molecular weight is 302 g/mol. The molecule has 1 aromatic heterocycles. The lowest BCUT2D eigenvalue weighted by molar-refractivity contribution is 0.619. The summed E-state index contributed by atoms with van der Waals surface area (Å²) in [6, 6.07) is 2.93. The summed E-state index contributed by atoms with van der Waals surface area (Å²) in [5, 5.41) is 0.107. The van der Waals surface area contributed by atoms with Crippen molar-refractivity contribution in [2.24, 2.45) is 0 Å². The molecule has 0 atom stereocenters. The summed E-state index contributed by atoms with van der Waals surface area (Å²) in [6.45, 7) is 0.790. The van der Waals surface area contributed by atoms with Crippen LogP contribution < -0.4 is 5.73 Å². The number of hydrogen-bond donors (Lipinski definition) is 1. The van der Waals surface area contributed by atoms with E-state index in [0.717, 1.165) is 24.9 Å². The topological polar surface area (TPSA) is 43.8 Å². The quantitative estimate of drug-likeness (QED) is 0.822. The number of hydrogen-bond acceptors (Lipinski definition) is 3. The molecule has 3 nitrogen and oxygen atoms in total. The minimum absolute atomic E-state index is 0.107. The van der Waals surface area contributed by atoms with E-state index in [0.29, 0.717) is 11.5 Å². The number of anilines is 1. The van der Waals surface area contributed by atoms with Gasteiger partial charge in [0, 0.05) is 12.6 Å². The molecule has 0 aliphatic heterocycles. The number of rotatable bonds is 6. The molecule has 0 saturated carbocycles. The van der Waals surface area contributed by atoms with E-state index in [1.54, 1.807) is 6.07 Å². The van der Waals surface area contributed by atoms with Crippen molar-refractivity contribution >= 4 is 40.3 Å². The maximum atomic E-state index is 13.4. The third-order valence-electron chi connectivity index (χ3n) is 3.05. The molecule has 2 N–H and O–H groups in total. The first-order valence-electron chi connectivity index (χ1n) is 6.23. The molecule has 2 rings (SSSR count). The van der Waals surface area contributed by atoms with Crippen molar-refractivity contribution in [3.8, 4) is 0 Å². The van der Waals surface area contributed by atoms with Crippen molar-refractivity contribution in [2.75, 3.05) is 17.7 Å². The third-order valence-corrected chi connectivity index (χ3v) is 4.04. The second-order valence-corrected chi connectivity index (χ2v) is 5.82. The molecule has 0 spiro atoms. The minimum Gasteiger partial charge on any atom is -0.369 e. The summed E-state index contributed by atoms with van der Waals surface area (Å²) in [5.41, 5.74) is 7.24. The Labute approximate surface area is 121 Å². The summed E-state index contributed by atoms with van der Waals surface area (Å²) in [4.78, 5) is 4.17. The number of unbranched alkanes of at least 4 members (excludes halogenated alkanes) is 2. The van der Waals surface area contributed by atoms with Crippen molar-refractivity contribution in [1.82, 2.24) is 9.55 Å². The van der Waals surface area contributed by atoms with Crippen LogP contribution in [0.25, 0.3) is 11.0 Å². The number of halogens is 2. The van der Waals surface area contributed by atoms with Crippen LogP contribution in [0.1, 0.15) is 19.3 Å². The highest BCUT2D eigenvalue weighted by molar-refractivity contribution is 7.98. The first-order chi connectivity index (χ1) is 9.13. The van der Waals surface area contributed by atoms with Gasteiger partial charge in [0.05, 0.1) is 16.1 Å². The van der Waals surface area contributed by atoms with Gasteiger partial charge in [-0.05, 0) is 30.9 Å². The molecule has 1 heterocycles. The van der Waals surface area contributed by atoms with Gasteiger partial charge in [-0.2, -0.15) is 11.8 Å². The molecular formula is C13H17ClFN3S. The summed E-state index contributed by atoms with van der Waals surface area (Å²) in [7, 11) is 0. The second-order valence-electron chi connectivity index (χ2n) is 4.43. The van der Waals surface area contributed by atoms with Gasteiger partial charge in [-0.25, -0.2) is 9.37 Å². The van der Waals surface area contributed by atoms with Crippen LogP contribution in [0.2, 0.25) is 5.02 Å². The van der Waals surface area contributed by atoms with Crippen molar-refractivity contribution in [3.63, 3.8) is 0 Å². The van der Waals surface area contributed by atoms with Gasteiger partial charge in [-0.3, -0.25) is 0 Å². The number of benzene rings is 1. The maximum absolute atomic E-state index is 13.4. The van der Waals surface area contributed by atoms with E-state index < -0.39 is 5.82 Å². The monoisotopic (exact) mass is 301 g/mol. The number of aromatic nitrogens is 2. The molecule has 0 saturated heterocycles. The van der Waals surface area contributed by atoms with Crippen LogP contribution in [0.15, 0.2) is 12.1 Å². The van der Waals surface area contributed by atoms with Crippen molar-refractivity contribution < 1.29 is 4.39 Å². The first kappa shape index (κ1) is 14.5. The lowest BCUT2D eigenvalue weighted by Gasteiger charge is -2.06. The zero-order chi connectivity index (χ0) is 13.8. The lowest BCUT2D eigenvalue weighted by Crippen LogP contribution is -2.03. The summed E-state index contributed by atoms with van der Waals surface area (Å²) < 4.78 is 15.3. The molecule has 0 fully saturated rings. The number of nitrogens with zero attached hydrogens (tertiary/aromatic N) is 2. The van der Waals surface area contributed by atoms with Crippen LogP contribution in [0.5, 0.6) is 0 Å². The van der Waals surface area contributed by atoms with Crippen LogP contribution in [-0.2, 0) is 6.54 Å². The summed E-state index contributed by atoms with van der Waals surface area (Å²) in [6.07, 6.45) is 5.49. The van der Waals surface area contributed by atoms with Crippen LogP contribution in [0, 0.1) is 5.82 Å². The fraction of sp³-hybridized carbons (Fsp3) is 0.462. The molecule has 2 aromatic rings. The van der Waals surface area contributed by atoms with Gasteiger partial charge in [-0.1, -0.05) is 18.0 Å². The highest BCUT2D eigenvalue weighted by Crippen LogP contribution is 2.25. The highest BCUT2D eigenvalue weighted by Gasteiger charge is 2.11. The van der Waals surface area contributed by atoms with E-state index in [1.807, 2.05) is 16.3 Å². The second kappa shape index (κ2) is 6.48. The molecule has 0 unspecified atom stereocenters. The zero-order valence-corrected chi connectivity index (χ0v) is 12.4. The largest absolute Gasteiger partial charge is 0.369 e. The Morgan fingerprint density at radius 1 is 1.37 bits per heavy atom. The SMILES string of the molecule is CSCCCCCn1c(N)nc2cc(F)c(Cl)cc21.